The second-order valence-corrected chi connectivity index (χ2v) is 5.34. The van der Waals surface area contributed by atoms with Crippen LogP contribution in [0, 0.1) is 5.92 Å². The highest BCUT2D eigenvalue weighted by molar-refractivity contribution is 5.11. The van der Waals surface area contributed by atoms with Gasteiger partial charge in [0.05, 0.1) is 11.8 Å². The number of aliphatic hydroxyl groups is 1. The van der Waals surface area contributed by atoms with Gasteiger partial charge in [-0.3, -0.25) is 4.90 Å². The number of hydrogen-bond acceptors (Lipinski definition) is 4. The van der Waals surface area contributed by atoms with Crippen LogP contribution in [0.3, 0.4) is 0 Å². The lowest BCUT2D eigenvalue weighted by molar-refractivity contribution is 0.127. The van der Waals surface area contributed by atoms with E-state index in [2.05, 4.69) is 23.7 Å². The molecule has 0 saturated carbocycles. The molecule has 17 heavy (non-hydrogen) atoms. The van der Waals surface area contributed by atoms with Crippen molar-refractivity contribution in [1.82, 2.24) is 9.88 Å². The van der Waals surface area contributed by atoms with E-state index in [0.29, 0.717) is 11.8 Å². The van der Waals surface area contributed by atoms with Gasteiger partial charge in [-0.2, -0.15) is 0 Å². The fraction of sp³-hybridized carbons (Fsp3) is 0.769. The third-order valence-electron chi connectivity index (χ3n) is 3.56. The maximum atomic E-state index is 9.58. The molecule has 2 unspecified atom stereocenters. The molecule has 0 spiro atoms. The van der Waals surface area contributed by atoms with Crippen molar-refractivity contribution in [3.8, 4) is 0 Å². The van der Waals surface area contributed by atoms with Crippen LogP contribution in [0.1, 0.15) is 44.6 Å². The van der Waals surface area contributed by atoms with Gasteiger partial charge in [0.2, 0.25) is 0 Å². The predicted molar refractivity (Wildman–Crippen MR) is 65.7 cm³/mol. The van der Waals surface area contributed by atoms with E-state index in [0.717, 1.165) is 37.5 Å². The summed E-state index contributed by atoms with van der Waals surface area (Å²) < 4.78 is 5.42. The highest BCUT2D eigenvalue weighted by atomic mass is 16.3. The number of aromatic nitrogens is 1. The van der Waals surface area contributed by atoms with Crippen LogP contribution < -0.4 is 0 Å². The van der Waals surface area contributed by atoms with Crippen LogP contribution in [0.5, 0.6) is 0 Å². The molecule has 2 atom stereocenters. The Kier molecular flexibility index (Phi) is 3.84. The van der Waals surface area contributed by atoms with Gasteiger partial charge in [-0.15, -0.1) is 0 Å². The lowest BCUT2D eigenvalue weighted by atomic mass is 10.0. The molecule has 96 valence electrons. The molecule has 0 aromatic carbocycles. The van der Waals surface area contributed by atoms with E-state index < -0.39 is 0 Å². The lowest BCUT2D eigenvalue weighted by Gasteiger charge is -2.17. The third-order valence-corrected chi connectivity index (χ3v) is 3.56. The summed E-state index contributed by atoms with van der Waals surface area (Å²) in [5, 5.41) is 9.58. The smallest absolute Gasteiger partial charge is 0.181 e. The summed E-state index contributed by atoms with van der Waals surface area (Å²) in [5.41, 5.74) is 1.05. The zero-order valence-electron chi connectivity index (χ0n) is 10.9. The highest BCUT2D eigenvalue weighted by Gasteiger charge is 2.27. The van der Waals surface area contributed by atoms with Crippen molar-refractivity contribution in [2.75, 3.05) is 13.1 Å². The zero-order valence-corrected chi connectivity index (χ0v) is 10.9. The minimum Gasteiger partial charge on any atom is -0.448 e. The molecule has 2 heterocycles. The summed E-state index contributed by atoms with van der Waals surface area (Å²) in [5.74, 6) is 1.78. The first-order valence-electron chi connectivity index (χ1n) is 6.40. The molecule has 1 N–H and O–H groups in total. The number of likely N-dealkylation sites (tertiary alicyclic amines) is 1. The monoisotopic (exact) mass is 238 g/mol. The summed E-state index contributed by atoms with van der Waals surface area (Å²) in [6, 6.07) is 0. The van der Waals surface area contributed by atoms with E-state index in [1.165, 1.54) is 6.39 Å². The normalized spacial score (nSPS) is 23.5. The topological polar surface area (TPSA) is 49.5 Å². The Morgan fingerprint density at radius 3 is 2.88 bits per heavy atom. The van der Waals surface area contributed by atoms with E-state index in [-0.39, 0.29) is 6.10 Å². The summed E-state index contributed by atoms with van der Waals surface area (Å²) in [4.78, 5) is 6.65. The molecule has 1 saturated heterocycles. The minimum atomic E-state index is -0.207. The fourth-order valence-corrected chi connectivity index (χ4v) is 2.48. The second-order valence-electron chi connectivity index (χ2n) is 5.34. The van der Waals surface area contributed by atoms with Gasteiger partial charge in [0.15, 0.2) is 6.39 Å². The number of aliphatic hydroxyl groups excluding tert-OH is 1. The highest BCUT2D eigenvalue weighted by Crippen LogP contribution is 2.24. The van der Waals surface area contributed by atoms with Crippen LogP contribution in [0.4, 0.5) is 0 Å². The van der Waals surface area contributed by atoms with Crippen LogP contribution in [0.2, 0.25) is 0 Å². The maximum Gasteiger partial charge on any atom is 0.181 e. The molecular formula is C13H22N2O2. The van der Waals surface area contributed by atoms with Crippen molar-refractivity contribution in [3.63, 3.8) is 0 Å². The Morgan fingerprint density at radius 2 is 2.29 bits per heavy atom. The largest absolute Gasteiger partial charge is 0.448 e. The van der Waals surface area contributed by atoms with Gasteiger partial charge < -0.3 is 9.52 Å². The Labute approximate surface area is 103 Å². The summed E-state index contributed by atoms with van der Waals surface area (Å²) in [6.45, 7) is 8.96. The molecular weight excluding hydrogens is 216 g/mol. The van der Waals surface area contributed by atoms with Crippen molar-refractivity contribution >= 4 is 0 Å². The summed E-state index contributed by atoms with van der Waals surface area (Å²) >= 11 is 0. The Bertz CT molecular complexity index is 360. The Hall–Kier alpha value is -0.870. The third kappa shape index (κ3) is 2.87. The predicted octanol–water partition coefficient (Wildman–Crippen LogP) is 2.00. The van der Waals surface area contributed by atoms with E-state index in [9.17, 15) is 5.11 Å². The summed E-state index contributed by atoms with van der Waals surface area (Å²) in [7, 11) is 0. The first kappa shape index (κ1) is 12.6. The van der Waals surface area contributed by atoms with Crippen molar-refractivity contribution in [2.45, 2.75) is 45.8 Å². The number of nitrogens with zero attached hydrogens (tertiary/aromatic N) is 2. The summed E-state index contributed by atoms with van der Waals surface area (Å²) in [6.07, 6.45) is 2.40. The molecule has 4 nitrogen and oxygen atoms in total. The molecule has 1 aliphatic heterocycles. The number of rotatable bonds is 4. The fourth-order valence-electron chi connectivity index (χ4n) is 2.48. The first-order valence-corrected chi connectivity index (χ1v) is 6.40. The van der Waals surface area contributed by atoms with Crippen LogP contribution in [-0.4, -0.2) is 34.2 Å². The Balaban J connectivity index is 1.96. The van der Waals surface area contributed by atoms with Crippen molar-refractivity contribution in [3.05, 3.63) is 17.8 Å². The molecule has 0 aliphatic carbocycles. The van der Waals surface area contributed by atoms with Gasteiger partial charge in [-0.25, -0.2) is 4.98 Å². The zero-order chi connectivity index (χ0) is 12.4. The van der Waals surface area contributed by atoms with Crippen molar-refractivity contribution in [2.24, 2.45) is 5.92 Å². The molecule has 4 heteroatoms. The Morgan fingerprint density at radius 1 is 1.53 bits per heavy atom. The lowest BCUT2D eigenvalue weighted by Crippen LogP contribution is -2.24. The average Bonchev–Trinajstić information content (AvgIpc) is 2.86. The van der Waals surface area contributed by atoms with Crippen LogP contribution in [-0.2, 0) is 6.54 Å². The number of hydrogen-bond donors (Lipinski definition) is 1. The van der Waals surface area contributed by atoms with Crippen LogP contribution >= 0.6 is 0 Å². The molecule has 1 aliphatic rings. The van der Waals surface area contributed by atoms with Crippen molar-refractivity contribution in [1.29, 1.82) is 0 Å². The van der Waals surface area contributed by atoms with Gasteiger partial charge in [-0.1, -0.05) is 13.8 Å². The van der Waals surface area contributed by atoms with Gasteiger partial charge in [0.25, 0.3) is 0 Å². The molecule has 0 bridgehead atoms. The van der Waals surface area contributed by atoms with Crippen LogP contribution in [0.15, 0.2) is 10.8 Å². The average molecular weight is 238 g/mol. The quantitative estimate of drug-likeness (QED) is 0.871. The molecule has 2 rings (SSSR count). The standard InChI is InChI=1S/C13H22N2O2/c1-9(2)13-12(14-8-17-13)7-15-5-4-11(6-15)10(3)16/h8-11,16H,4-7H2,1-3H3. The van der Waals surface area contributed by atoms with E-state index in [4.69, 9.17) is 4.42 Å². The van der Waals surface area contributed by atoms with E-state index >= 15 is 0 Å². The van der Waals surface area contributed by atoms with Gasteiger partial charge in [-0.05, 0) is 25.8 Å². The van der Waals surface area contributed by atoms with E-state index in [1.807, 2.05) is 6.92 Å². The molecule has 1 aromatic rings. The van der Waals surface area contributed by atoms with Crippen molar-refractivity contribution < 1.29 is 9.52 Å². The molecule has 1 aromatic heterocycles. The molecule has 0 radical (unpaired) electrons. The maximum absolute atomic E-state index is 9.58. The SMILES string of the molecule is CC(C)c1ocnc1CN1CCC(C(C)O)C1. The number of oxazole rings is 1. The van der Waals surface area contributed by atoms with Gasteiger partial charge >= 0.3 is 0 Å². The molecule has 1 fully saturated rings. The van der Waals surface area contributed by atoms with Crippen LogP contribution in [0.25, 0.3) is 0 Å². The first-order chi connectivity index (χ1) is 8.08. The van der Waals surface area contributed by atoms with Gasteiger partial charge in [0, 0.05) is 19.0 Å². The van der Waals surface area contributed by atoms with Gasteiger partial charge in [0.1, 0.15) is 5.76 Å². The minimum absolute atomic E-state index is 0.207. The second kappa shape index (κ2) is 5.19. The molecule has 0 amide bonds. The van der Waals surface area contributed by atoms with E-state index in [1.54, 1.807) is 0 Å².